The van der Waals surface area contributed by atoms with Crippen LogP contribution >= 0.6 is 0 Å². The van der Waals surface area contributed by atoms with Gasteiger partial charge >= 0.3 is 21.1 Å². The number of pyridine rings is 1. The van der Waals surface area contributed by atoms with E-state index in [1.54, 1.807) is 7.11 Å². The Kier molecular flexibility index (Phi) is 10.3. The zero-order valence-electron chi connectivity index (χ0n) is 35.3. The van der Waals surface area contributed by atoms with Crippen molar-refractivity contribution < 1.29 is 25.8 Å². The average Bonchev–Trinajstić information content (AvgIpc) is 3.81. The monoisotopic (exact) mass is 971 g/mol. The second kappa shape index (κ2) is 15.8. The molecule has 11 rings (SSSR count). The fourth-order valence-corrected chi connectivity index (χ4v) is 9.43. The smallest absolute Gasteiger partial charge is 0.495 e. The zero-order valence-corrected chi connectivity index (χ0v) is 37.6. The second-order valence-corrected chi connectivity index (χ2v) is 16.0. The molecule has 0 radical (unpaired) electrons. The summed E-state index contributed by atoms with van der Waals surface area (Å²) in [7, 11) is 1.75. The minimum atomic E-state index is 0. The number of imidazole rings is 1. The van der Waals surface area contributed by atoms with Crippen molar-refractivity contribution in [3.05, 3.63) is 186 Å². The standard InChI is InChI=1S/C31H27N2O.C24H17N2.Pt/c1-21-19-28(24-11-7-5-8-12-24)31(34-4)29(20-21)25-15-17-26(18-16-25)30-22(2)32-33(23(30)3)27-13-9-6-10-14-27;1-13-10-14(2)21-17-7-4-8-18-22(17)23-16(19(21)11-13)6-5-9-20(23)26-12-15(3)25-24(18)26;/h5-13,15-20H,1-4H3;4-7,9-12H,1-3H3;/q2*-1;+2. The van der Waals surface area contributed by atoms with Crippen molar-refractivity contribution in [2.24, 2.45) is 0 Å². The maximum absolute atomic E-state index is 5.93. The summed E-state index contributed by atoms with van der Waals surface area (Å²) in [4.78, 5) is 4.81. The van der Waals surface area contributed by atoms with E-state index in [0.29, 0.717) is 0 Å². The van der Waals surface area contributed by atoms with Crippen molar-refractivity contribution in [1.82, 2.24) is 19.2 Å². The third kappa shape index (κ3) is 6.69. The molecule has 0 unspecified atom stereocenters. The van der Waals surface area contributed by atoms with Gasteiger partial charge in [0.2, 0.25) is 0 Å². The van der Waals surface area contributed by atoms with Gasteiger partial charge in [-0.25, -0.2) is 0 Å². The predicted octanol–water partition coefficient (Wildman–Crippen LogP) is 13.7. The van der Waals surface area contributed by atoms with Crippen LogP contribution in [0.25, 0.3) is 87.9 Å². The molecule has 3 aromatic heterocycles. The molecule has 0 fully saturated rings. The van der Waals surface area contributed by atoms with Crippen LogP contribution in [0.5, 0.6) is 5.75 Å². The SMILES string of the molecule is COc1c(-c2ccccc2)cc(C)cc1-c1ccc(-c2c(C)nn(-c3[c-]cccc3)c2C)cc1.Cc1cc(C)c2c(c1)c1cccc3c1c1c([c-]ccc21)c1nc(C)cn31.[Pt+2]. The van der Waals surface area contributed by atoms with Gasteiger partial charge < -0.3 is 9.14 Å². The molecule has 3 heterocycles. The average molecular weight is 972 g/mol. The van der Waals surface area contributed by atoms with E-state index in [-0.39, 0.29) is 21.1 Å². The minimum absolute atomic E-state index is 0. The van der Waals surface area contributed by atoms with Crippen LogP contribution in [0.1, 0.15) is 33.8 Å². The first-order chi connectivity index (χ1) is 29.2. The topological polar surface area (TPSA) is 44.3 Å². The second-order valence-electron chi connectivity index (χ2n) is 16.0. The number of methoxy groups -OCH3 is 1. The molecular weight excluding hydrogens is 928 g/mol. The van der Waals surface area contributed by atoms with Gasteiger partial charge in [0.1, 0.15) is 5.75 Å². The van der Waals surface area contributed by atoms with Crippen LogP contribution in [-0.2, 0) is 21.1 Å². The molecule has 0 atom stereocenters. The van der Waals surface area contributed by atoms with Crippen LogP contribution in [0.15, 0.2) is 140 Å². The van der Waals surface area contributed by atoms with Crippen molar-refractivity contribution in [2.45, 2.75) is 41.5 Å². The summed E-state index contributed by atoms with van der Waals surface area (Å²) in [6, 6.07) is 53.6. The summed E-state index contributed by atoms with van der Waals surface area (Å²) in [6.07, 6.45) is 2.13. The number of nitrogens with zero attached hydrogens (tertiary/aromatic N) is 4. The number of fused-ring (bicyclic) bond motifs is 6. The number of ether oxygens (including phenoxy) is 1. The maximum Gasteiger partial charge on any atom is 2.00 e. The number of benzene rings is 8. The first-order valence-electron chi connectivity index (χ1n) is 20.4. The molecule has 8 aromatic carbocycles. The van der Waals surface area contributed by atoms with E-state index < -0.39 is 0 Å². The van der Waals surface area contributed by atoms with E-state index >= 15 is 0 Å². The van der Waals surface area contributed by atoms with Gasteiger partial charge in [0, 0.05) is 39.8 Å². The van der Waals surface area contributed by atoms with Gasteiger partial charge in [0.15, 0.2) is 0 Å². The minimum Gasteiger partial charge on any atom is -0.495 e. The molecular formula is C55H44N4OPt. The van der Waals surface area contributed by atoms with E-state index in [4.69, 9.17) is 14.8 Å². The summed E-state index contributed by atoms with van der Waals surface area (Å²) in [5, 5.41) is 13.8. The van der Waals surface area contributed by atoms with Crippen molar-refractivity contribution in [1.29, 1.82) is 0 Å². The third-order valence-corrected chi connectivity index (χ3v) is 11.9. The van der Waals surface area contributed by atoms with Gasteiger partial charge in [0.05, 0.1) is 18.5 Å². The molecule has 0 bridgehead atoms. The summed E-state index contributed by atoms with van der Waals surface area (Å²) < 4.78 is 10.1. The fourth-order valence-electron chi connectivity index (χ4n) is 9.43. The normalized spacial score (nSPS) is 11.4. The fraction of sp³-hybridized carbons (Fsp3) is 0.127. The molecule has 0 spiro atoms. The zero-order chi connectivity index (χ0) is 41.2. The number of hydrogen-bond acceptors (Lipinski definition) is 3. The first-order valence-corrected chi connectivity index (χ1v) is 20.4. The van der Waals surface area contributed by atoms with Crippen molar-refractivity contribution in [3.63, 3.8) is 0 Å². The molecule has 5 nitrogen and oxygen atoms in total. The van der Waals surface area contributed by atoms with E-state index in [2.05, 4.69) is 161 Å². The maximum atomic E-state index is 5.93. The van der Waals surface area contributed by atoms with E-state index in [0.717, 1.165) is 72.9 Å². The van der Waals surface area contributed by atoms with Crippen LogP contribution < -0.4 is 4.74 Å². The Labute approximate surface area is 370 Å². The molecule has 61 heavy (non-hydrogen) atoms. The molecule has 0 amide bonds. The van der Waals surface area contributed by atoms with E-state index in [9.17, 15) is 0 Å². The van der Waals surface area contributed by atoms with Gasteiger partial charge in [-0.05, 0) is 115 Å². The Morgan fingerprint density at radius 3 is 2.02 bits per heavy atom. The molecule has 0 saturated heterocycles. The van der Waals surface area contributed by atoms with Gasteiger partial charge in [-0.2, -0.15) is 29.4 Å². The van der Waals surface area contributed by atoms with Gasteiger partial charge in [-0.15, -0.1) is 24.3 Å². The summed E-state index contributed by atoms with van der Waals surface area (Å²) in [5.74, 6) is 0.893. The number of hydrogen-bond donors (Lipinski definition) is 0. The molecule has 0 N–H and O–H groups in total. The van der Waals surface area contributed by atoms with Gasteiger partial charge in [-0.3, -0.25) is 9.67 Å². The molecule has 300 valence electrons. The Balaban J connectivity index is 0.000000158. The summed E-state index contributed by atoms with van der Waals surface area (Å²) in [5.41, 5.74) is 16.9. The van der Waals surface area contributed by atoms with Crippen LogP contribution in [0, 0.1) is 53.7 Å². The molecule has 0 aliphatic rings. The van der Waals surface area contributed by atoms with Crippen molar-refractivity contribution in [3.8, 4) is 44.8 Å². The van der Waals surface area contributed by atoms with Crippen molar-refractivity contribution >= 4 is 48.9 Å². The van der Waals surface area contributed by atoms with Crippen molar-refractivity contribution in [2.75, 3.05) is 7.11 Å². The Bertz CT molecular complexity index is 3400. The predicted molar refractivity (Wildman–Crippen MR) is 249 cm³/mol. The third-order valence-electron chi connectivity index (χ3n) is 11.9. The summed E-state index contributed by atoms with van der Waals surface area (Å²) >= 11 is 0. The molecule has 0 aliphatic carbocycles. The molecule has 11 aromatic rings. The Morgan fingerprint density at radius 1 is 0.590 bits per heavy atom. The van der Waals surface area contributed by atoms with Crippen LogP contribution in [0.4, 0.5) is 0 Å². The molecule has 6 heteroatoms. The Hall–Kier alpha value is -6.55. The van der Waals surface area contributed by atoms with E-state index in [1.165, 1.54) is 54.5 Å². The number of rotatable bonds is 5. The van der Waals surface area contributed by atoms with Crippen LogP contribution in [-0.4, -0.2) is 26.3 Å². The number of aromatic nitrogens is 4. The van der Waals surface area contributed by atoms with Crippen LogP contribution in [0.2, 0.25) is 0 Å². The summed E-state index contributed by atoms with van der Waals surface area (Å²) in [6.45, 7) is 12.8. The largest absolute Gasteiger partial charge is 2.00 e. The van der Waals surface area contributed by atoms with E-state index in [1.807, 2.05) is 41.1 Å². The number of para-hydroxylation sites is 1. The van der Waals surface area contributed by atoms with Gasteiger partial charge in [0.25, 0.3) is 0 Å². The van der Waals surface area contributed by atoms with Crippen LogP contribution in [0.3, 0.4) is 0 Å². The van der Waals surface area contributed by atoms with Gasteiger partial charge in [-0.1, -0.05) is 101 Å². The quantitative estimate of drug-likeness (QED) is 0.0981. The first kappa shape index (κ1) is 39.9. The number of aryl methyl sites for hydroxylation is 5. The molecule has 0 aliphatic heterocycles. The Morgan fingerprint density at radius 2 is 1.30 bits per heavy atom. The molecule has 0 saturated carbocycles.